The van der Waals surface area contributed by atoms with Gasteiger partial charge in [-0.2, -0.15) is 0 Å². The van der Waals surface area contributed by atoms with E-state index in [1.807, 2.05) is 28.8 Å². The van der Waals surface area contributed by atoms with Crippen molar-refractivity contribution in [1.82, 2.24) is 9.55 Å². The highest BCUT2D eigenvalue weighted by atomic mass is 35.5. The summed E-state index contributed by atoms with van der Waals surface area (Å²) in [6.07, 6.45) is 4.22. The van der Waals surface area contributed by atoms with Gasteiger partial charge in [-0.3, -0.25) is 9.36 Å². The molecule has 0 amide bonds. The van der Waals surface area contributed by atoms with Crippen LogP contribution in [-0.2, 0) is 13.0 Å². The van der Waals surface area contributed by atoms with Crippen LogP contribution in [0, 0.1) is 0 Å². The largest absolute Gasteiger partial charge is 0.297 e. The van der Waals surface area contributed by atoms with Crippen molar-refractivity contribution in [2.75, 3.05) is 0 Å². The van der Waals surface area contributed by atoms with Crippen molar-refractivity contribution in [3.05, 3.63) is 51.5 Å². The van der Waals surface area contributed by atoms with Gasteiger partial charge in [0.25, 0.3) is 5.56 Å². The monoisotopic (exact) mass is 274 g/mol. The molecule has 3 nitrogen and oxygen atoms in total. The summed E-state index contributed by atoms with van der Waals surface area (Å²) in [5.41, 5.74) is 1.74. The first-order valence-electron chi connectivity index (χ1n) is 6.61. The molecule has 0 aliphatic carbocycles. The maximum absolute atomic E-state index is 12.2. The highest BCUT2D eigenvalue weighted by Crippen LogP contribution is 2.20. The Hall–Kier alpha value is -1.61. The van der Waals surface area contributed by atoms with Gasteiger partial charge in [0.1, 0.15) is 5.82 Å². The van der Waals surface area contributed by atoms with Crippen LogP contribution in [-0.4, -0.2) is 9.55 Å². The summed E-state index contributed by atoms with van der Waals surface area (Å²) >= 11 is 5.88. The van der Waals surface area contributed by atoms with Gasteiger partial charge in [-0.1, -0.05) is 30.2 Å². The van der Waals surface area contributed by atoms with Crippen molar-refractivity contribution in [3.63, 3.8) is 0 Å². The number of fused-ring (bicyclic) bond motifs is 1. The maximum atomic E-state index is 12.2. The number of aromatic nitrogens is 2. The lowest BCUT2D eigenvalue weighted by molar-refractivity contribution is 0.609. The number of hydrogen-bond donors (Lipinski definition) is 0. The minimum Gasteiger partial charge on any atom is -0.297 e. The van der Waals surface area contributed by atoms with E-state index in [4.69, 9.17) is 11.6 Å². The molecule has 0 fully saturated rings. The zero-order valence-corrected chi connectivity index (χ0v) is 11.4. The van der Waals surface area contributed by atoms with Crippen LogP contribution in [0.25, 0.3) is 11.3 Å². The van der Waals surface area contributed by atoms with Gasteiger partial charge in [-0.05, 0) is 25.0 Å². The molecular weight excluding hydrogens is 260 g/mol. The number of nitrogens with zero attached hydrogens (tertiary/aromatic N) is 2. The van der Waals surface area contributed by atoms with Gasteiger partial charge >= 0.3 is 0 Å². The summed E-state index contributed by atoms with van der Waals surface area (Å²) < 4.78 is 1.81. The van der Waals surface area contributed by atoms with Crippen molar-refractivity contribution in [1.29, 1.82) is 0 Å². The van der Waals surface area contributed by atoms with Crippen LogP contribution in [0.3, 0.4) is 0 Å². The van der Waals surface area contributed by atoms with Crippen molar-refractivity contribution in [2.45, 2.75) is 32.2 Å². The summed E-state index contributed by atoms with van der Waals surface area (Å²) in [6.45, 7) is 0.794. The van der Waals surface area contributed by atoms with E-state index in [0.29, 0.717) is 5.02 Å². The Kier molecular flexibility index (Phi) is 3.38. The fourth-order valence-electron chi connectivity index (χ4n) is 2.48. The second kappa shape index (κ2) is 5.17. The summed E-state index contributed by atoms with van der Waals surface area (Å²) in [5.74, 6) is 0.912. The molecule has 1 aliphatic heterocycles. The van der Waals surface area contributed by atoms with Gasteiger partial charge in [0, 0.05) is 29.6 Å². The third-order valence-electron chi connectivity index (χ3n) is 3.51. The first kappa shape index (κ1) is 12.4. The Morgan fingerprint density at radius 2 is 1.89 bits per heavy atom. The minimum absolute atomic E-state index is 0.0526. The van der Waals surface area contributed by atoms with Gasteiger partial charge in [-0.25, -0.2) is 4.98 Å². The van der Waals surface area contributed by atoms with E-state index in [1.165, 1.54) is 6.42 Å². The Labute approximate surface area is 116 Å². The van der Waals surface area contributed by atoms with Crippen LogP contribution in [0.4, 0.5) is 0 Å². The molecule has 2 aromatic rings. The molecule has 4 heteroatoms. The second-order valence-electron chi connectivity index (χ2n) is 4.87. The fraction of sp³-hybridized carbons (Fsp3) is 0.333. The molecule has 0 saturated carbocycles. The Bertz CT molecular complexity index is 646. The van der Waals surface area contributed by atoms with E-state index in [9.17, 15) is 4.79 Å². The standard InChI is InChI=1S/C15H15ClN2O/c16-12-7-5-11(6-8-12)13-10-15(19)18-9-3-1-2-4-14(18)17-13/h5-8,10H,1-4,9H2. The SMILES string of the molecule is O=c1cc(-c2ccc(Cl)cc2)nc2n1CCCCC2. The molecule has 0 radical (unpaired) electrons. The normalized spacial score (nSPS) is 14.8. The zero-order valence-electron chi connectivity index (χ0n) is 10.6. The number of benzene rings is 1. The third-order valence-corrected chi connectivity index (χ3v) is 3.76. The number of aryl methyl sites for hydroxylation is 1. The topological polar surface area (TPSA) is 34.9 Å². The van der Waals surface area contributed by atoms with E-state index in [0.717, 1.165) is 42.9 Å². The molecule has 0 N–H and O–H groups in total. The van der Waals surface area contributed by atoms with E-state index in [-0.39, 0.29) is 5.56 Å². The van der Waals surface area contributed by atoms with E-state index in [2.05, 4.69) is 4.98 Å². The van der Waals surface area contributed by atoms with Gasteiger partial charge in [-0.15, -0.1) is 0 Å². The van der Waals surface area contributed by atoms with E-state index in [1.54, 1.807) is 6.07 Å². The van der Waals surface area contributed by atoms with Crippen molar-refractivity contribution >= 4 is 11.6 Å². The highest BCUT2D eigenvalue weighted by Gasteiger charge is 2.12. The van der Waals surface area contributed by atoms with E-state index >= 15 is 0 Å². The summed E-state index contributed by atoms with van der Waals surface area (Å²) in [5, 5.41) is 0.690. The Morgan fingerprint density at radius 1 is 1.11 bits per heavy atom. The smallest absolute Gasteiger partial charge is 0.254 e. The lowest BCUT2D eigenvalue weighted by Crippen LogP contribution is -2.23. The average molecular weight is 275 g/mol. The molecule has 0 saturated heterocycles. The van der Waals surface area contributed by atoms with Crippen molar-refractivity contribution < 1.29 is 0 Å². The second-order valence-corrected chi connectivity index (χ2v) is 5.30. The summed E-state index contributed by atoms with van der Waals surface area (Å²) in [6, 6.07) is 9.07. The minimum atomic E-state index is 0.0526. The Morgan fingerprint density at radius 3 is 2.68 bits per heavy atom. The molecule has 1 aliphatic rings. The maximum Gasteiger partial charge on any atom is 0.254 e. The number of rotatable bonds is 1. The van der Waals surface area contributed by atoms with Crippen LogP contribution in [0.2, 0.25) is 5.02 Å². The first-order chi connectivity index (χ1) is 9.24. The molecule has 3 rings (SSSR count). The molecule has 1 aromatic heterocycles. The highest BCUT2D eigenvalue weighted by molar-refractivity contribution is 6.30. The quantitative estimate of drug-likeness (QED) is 0.800. The number of hydrogen-bond acceptors (Lipinski definition) is 2. The van der Waals surface area contributed by atoms with Crippen LogP contribution in [0.5, 0.6) is 0 Å². The molecule has 0 spiro atoms. The molecule has 0 bridgehead atoms. The predicted molar refractivity (Wildman–Crippen MR) is 76.5 cm³/mol. The Balaban J connectivity index is 2.08. The molecule has 1 aromatic carbocycles. The first-order valence-corrected chi connectivity index (χ1v) is 6.98. The summed E-state index contributed by atoms with van der Waals surface area (Å²) in [4.78, 5) is 16.8. The lowest BCUT2D eigenvalue weighted by Gasteiger charge is -2.10. The zero-order chi connectivity index (χ0) is 13.2. The van der Waals surface area contributed by atoms with Crippen molar-refractivity contribution in [3.8, 4) is 11.3 Å². The van der Waals surface area contributed by atoms with Gasteiger partial charge in [0.15, 0.2) is 0 Å². The van der Waals surface area contributed by atoms with Crippen LogP contribution < -0.4 is 5.56 Å². The summed E-state index contributed by atoms with van der Waals surface area (Å²) in [7, 11) is 0. The van der Waals surface area contributed by atoms with E-state index < -0.39 is 0 Å². The predicted octanol–water partition coefficient (Wildman–Crippen LogP) is 3.29. The number of halogens is 1. The molecule has 0 atom stereocenters. The lowest BCUT2D eigenvalue weighted by atomic mass is 10.1. The van der Waals surface area contributed by atoms with Crippen LogP contribution >= 0.6 is 11.6 Å². The van der Waals surface area contributed by atoms with Gasteiger partial charge in [0.2, 0.25) is 0 Å². The molecule has 2 heterocycles. The molecule has 0 unspecified atom stereocenters. The van der Waals surface area contributed by atoms with Gasteiger partial charge < -0.3 is 0 Å². The molecule has 19 heavy (non-hydrogen) atoms. The van der Waals surface area contributed by atoms with Gasteiger partial charge in [0.05, 0.1) is 5.69 Å². The van der Waals surface area contributed by atoms with Crippen LogP contribution in [0.15, 0.2) is 35.1 Å². The fourth-order valence-corrected chi connectivity index (χ4v) is 2.61. The van der Waals surface area contributed by atoms with Crippen molar-refractivity contribution in [2.24, 2.45) is 0 Å². The molecular formula is C15H15ClN2O. The molecule has 98 valence electrons. The van der Waals surface area contributed by atoms with Crippen LogP contribution in [0.1, 0.15) is 25.1 Å². The third kappa shape index (κ3) is 2.56. The average Bonchev–Trinajstić information content (AvgIpc) is 2.65.